The minimum Gasteiger partial charge on any atom is -0.392 e. The summed E-state index contributed by atoms with van der Waals surface area (Å²) in [5, 5.41) is 0. The number of nitrogens with zero attached hydrogens (tertiary/aromatic N) is 2. The monoisotopic (exact) mass is 303 g/mol. The van der Waals surface area contributed by atoms with E-state index in [4.69, 9.17) is 18.0 Å². The van der Waals surface area contributed by atoms with Gasteiger partial charge < -0.3 is 10.6 Å². The summed E-state index contributed by atoms with van der Waals surface area (Å²) < 4.78 is 0. The summed E-state index contributed by atoms with van der Waals surface area (Å²) in [5.74, 6) is 0.345. The molecule has 21 heavy (non-hydrogen) atoms. The quantitative estimate of drug-likeness (QED) is 0.851. The Morgan fingerprint density at radius 3 is 2.57 bits per heavy atom. The van der Waals surface area contributed by atoms with Gasteiger partial charge in [-0.15, -0.1) is 0 Å². The molecule has 0 saturated carbocycles. The second-order valence-electron chi connectivity index (χ2n) is 5.90. The van der Waals surface area contributed by atoms with Crippen molar-refractivity contribution in [3.05, 3.63) is 35.4 Å². The Morgan fingerprint density at radius 2 is 1.95 bits per heavy atom. The molecular formula is C16H21N3OS. The summed E-state index contributed by atoms with van der Waals surface area (Å²) in [6, 6.07) is 8.35. The van der Waals surface area contributed by atoms with Gasteiger partial charge in [-0.25, -0.2) is 0 Å². The summed E-state index contributed by atoms with van der Waals surface area (Å²) in [6.45, 7) is 5.26. The maximum Gasteiger partial charge on any atom is 0.230 e. The number of hydrogen-bond donors (Lipinski definition) is 1. The number of thiocarbonyl (C=S) groups is 1. The molecule has 3 rings (SSSR count). The van der Waals surface area contributed by atoms with Gasteiger partial charge in [-0.05, 0) is 24.5 Å². The lowest BCUT2D eigenvalue weighted by Crippen LogP contribution is -2.55. The Bertz CT molecular complexity index is 566. The summed E-state index contributed by atoms with van der Waals surface area (Å²) in [5.41, 5.74) is 8.23. The van der Waals surface area contributed by atoms with Crippen molar-refractivity contribution < 1.29 is 4.79 Å². The molecule has 2 aliphatic rings. The zero-order chi connectivity index (χ0) is 15.0. The van der Waals surface area contributed by atoms with Gasteiger partial charge in [0.2, 0.25) is 5.91 Å². The van der Waals surface area contributed by atoms with Crippen LogP contribution in [0.5, 0.6) is 0 Å². The predicted molar refractivity (Wildman–Crippen MR) is 87.3 cm³/mol. The lowest BCUT2D eigenvalue weighted by Gasteiger charge is -2.40. The van der Waals surface area contributed by atoms with E-state index in [-0.39, 0.29) is 17.9 Å². The first-order valence-corrected chi connectivity index (χ1v) is 7.88. The fourth-order valence-electron chi connectivity index (χ4n) is 3.21. The molecule has 2 atom stereocenters. The van der Waals surface area contributed by atoms with Gasteiger partial charge in [-0.2, -0.15) is 0 Å². The second-order valence-corrected chi connectivity index (χ2v) is 6.37. The molecule has 1 aliphatic carbocycles. The number of hydrogen-bond acceptors (Lipinski definition) is 3. The van der Waals surface area contributed by atoms with Crippen molar-refractivity contribution in [3.8, 4) is 0 Å². The van der Waals surface area contributed by atoms with E-state index < -0.39 is 0 Å². The Morgan fingerprint density at radius 1 is 1.29 bits per heavy atom. The molecule has 0 bridgehead atoms. The van der Waals surface area contributed by atoms with Crippen molar-refractivity contribution in [1.29, 1.82) is 0 Å². The number of fused-ring (bicyclic) bond motifs is 1. The number of carbonyl (C=O) groups excluding carboxylic acids is 1. The zero-order valence-corrected chi connectivity index (χ0v) is 13.1. The largest absolute Gasteiger partial charge is 0.392 e. The van der Waals surface area contributed by atoms with Crippen LogP contribution in [-0.4, -0.2) is 52.9 Å². The molecule has 0 radical (unpaired) electrons. The van der Waals surface area contributed by atoms with Crippen LogP contribution in [0.4, 0.5) is 0 Å². The van der Waals surface area contributed by atoms with Gasteiger partial charge in [-0.3, -0.25) is 9.69 Å². The first kappa shape index (κ1) is 14.5. The van der Waals surface area contributed by atoms with Crippen LogP contribution in [0.2, 0.25) is 0 Å². The van der Waals surface area contributed by atoms with Crippen molar-refractivity contribution >= 4 is 23.1 Å². The molecule has 112 valence electrons. The molecule has 2 N–H and O–H groups in total. The first-order chi connectivity index (χ1) is 10.1. The molecule has 0 spiro atoms. The Hall–Kier alpha value is -1.46. The van der Waals surface area contributed by atoms with Crippen LogP contribution in [0.1, 0.15) is 24.0 Å². The van der Waals surface area contributed by atoms with Gasteiger partial charge in [0.25, 0.3) is 0 Å². The smallest absolute Gasteiger partial charge is 0.230 e. The van der Waals surface area contributed by atoms with Gasteiger partial charge in [0.05, 0.1) is 16.9 Å². The normalized spacial score (nSPS) is 23.1. The van der Waals surface area contributed by atoms with E-state index in [1.165, 1.54) is 11.1 Å². The van der Waals surface area contributed by atoms with Gasteiger partial charge in [0, 0.05) is 26.2 Å². The van der Waals surface area contributed by atoms with E-state index in [2.05, 4.69) is 17.0 Å². The van der Waals surface area contributed by atoms with Gasteiger partial charge in [0.15, 0.2) is 0 Å². The summed E-state index contributed by atoms with van der Waals surface area (Å²) in [4.78, 5) is 17.4. The maximum atomic E-state index is 12.6. The van der Waals surface area contributed by atoms with E-state index in [1.54, 1.807) is 0 Å². The zero-order valence-electron chi connectivity index (χ0n) is 12.3. The fourth-order valence-corrected chi connectivity index (χ4v) is 3.36. The topological polar surface area (TPSA) is 49.6 Å². The number of piperazine rings is 1. The minimum absolute atomic E-state index is 0.0701. The highest BCUT2D eigenvalue weighted by molar-refractivity contribution is 7.80. The SMILES string of the molecule is CC(C(N)=S)N1CCN(C(=O)C2Cc3ccccc32)CC1. The number of rotatable bonds is 3. The van der Waals surface area contributed by atoms with Crippen LogP contribution in [0, 0.1) is 0 Å². The number of carbonyl (C=O) groups is 1. The molecule has 1 aromatic rings. The molecule has 1 saturated heterocycles. The summed E-state index contributed by atoms with van der Waals surface area (Å²) in [7, 11) is 0. The molecule has 5 heteroatoms. The first-order valence-electron chi connectivity index (χ1n) is 7.48. The molecule has 2 unspecified atom stereocenters. The van der Waals surface area contributed by atoms with Crippen LogP contribution < -0.4 is 5.73 Å². The lowest BCUT2D eigenvalue weighted by molar-refractivity contribution is -0.135. The van der Waals surface area contributed by atoms with Crippen molar-refractivity contribution in [2.75, 3.05) is 26.2 Å². The molecule has 1 amide bonds. The molecule has 1 aliphatic heterocycles. The minimum atomic E-state index is 0.0701. The Labute approximate surface area is 130 Å². The second kappa shape index (κ2) is 5.73. The van der Waals surface area contributed by atoms with Crippen molar-refractivity contribution in [1.82, 2.24) is 9.80 Å². The van der Waals surface area contributed by atoms with Crippen LogP contribution in [-0.2, 0) is 11.2 Å². The highest BCUT2D eigenvalue weighted by atomic mass is 32.1. The van der Waals surface area contributed by atoms with E-state index in [0.717, 1.165) is 32.6 Å². The molecule has 4 nitrogen and oxygen atoms in total. The number of amides is 1. The van der Waals surface area contributed by atoms with Crippen molar-refractivity contribution in [2.24, 2.45) is 5.73 Å². The van der Waals surface area contributed by atoms with Crippen molar-refractivity contribution in [3.63, 3.8) is 0 Å². The average Bonchev–Trinajstić information content (AvgIpc) is 2.47. The third kappa shape index (κ3) is 2.68. The molecule has 1 aromatic carbocycles. The number of nitrogens with two attached hydrogens (primary N) is 1. The summed E-state index contributed by atoms with van der Waals surface area (Å²) in [6.07, 6.45) is 0.887. The fraction of sp³-hybridized carbons (Fsp3) is 0.500. The highest BCUT2D eigenvalue weighted by Gasteiger charge is 2.36. The van der Waals surface area contributed by atoms with E-state index in [9.17, 15) is 4.79 Å². The predicted octanol–water partition coefficient (Wildman–Crippen LogP) is 1.15. The highest BCUT2D eigenvalue weighted by Crippen LogP contribution is 2.36. The average molecular weight is 303 g/mol. The molecular weight excluding hydrogens is 282 g/mol. The third-order valence-electron chi connectivity index (χ3n) is 4.74. The van der Waals surface area contributed by atoms with Gasteiger partial charge in [0.1, 0.15) is 0 Å². The van der Waals surface area contributed by atoms with Crippen LogP contribution in [0.15, 0.2) is 24.3 Å². The van der Waals surface area contributed by atoms with E-state index >= 15 is 0 Å². The Kier molecular flexibility index (Phi) is 3.95. The lowest BCUT2D eigenvalue weighted by atomic mass is 9.77. The molecule has 1 heterocycles. The van der Waals surface area contributed by atoms with Gasteiger partial charge in [-0.1, -0.05) is 36.5 Å². The molecule has 1 fully saturated rings. The standard InChI is InChI=1S/C16H21N3OS/c1-11(15(17)21)18-6-8-19(9-7-18)16(20)14-10-12-4-2-3-5-13(12)14/h2-5,11,14H,6-10H2,1H3,(H2,17,21). The third-order valence-corrected chi connectivity index (χ3v) is 5.08. The van der Waals surface area contributed by atoms with Crippen LogP contribution >= 0.6 is 12.2 Å². The van der Waals surface area contributed by atoms with Crippen molar-refractivity contribution in [2.45, 2.75) is 25.3 Å². The van der Waals surface area contributed by atoms with Crippen LogP contribution in [0.25, 0.3) is 0 Å². The molecule has 0 aromatic heterocycles. The van der Waals surface area contributed by atoms with E-state index in [0.29, 0.717) is 4.99 Å². The van der Waals surface area contributed by atoms with E-state index in [1.807, 2.05) is 24.0 Å². The number of benzene rings is 1. The maximum absolute atomic E-state index is 12.6. The summed E-state index contributed by atoms with van der Waals surface area (Å²) >= 11 is 5.05. The Balaban J connectivity index is 1.58. The van der Waals surface area contributed by atoms with Gasteiger partial charge >= 0.3 is 0 Å². The van der Waals surface area contributed by atoms with Crippen LogP contribution in [0.3, 0.4) is 0 Å².